The van der Waals surface area contributed by atoms with Crippen molar-refractivity contribution in [1.29, 1.82) is 0 Å². The molecule has 6 nitrogen and oxygen atoms in total. The Bertz CT molecular complexity index is 574. The average molecular weight is 381 g/mol. The Balaban J connectivity index is 0.000000403. The molecule has 23 heavy (non-hydrogen) atoms. The van der Waals surface area contributed by atoms with Gasteiger partial charge in [0, 0.05) is 12.4 Å². The summed E-state index contributed by atoms with van der Waals surface area (Å²) >= 11 is 2.38. The summed E-state index contributed by atoms with van der Waals surface area (Å²) in [6.07, 6.45) is 6.37. The zero-order valence-electron chi connectivity index (χ0n) is 13.0. The third kappa shape index (κ3) is 8.21. The molecule has 0 fully saturated rings. The van der Waals surface area contributed by atoms with Crippen LogP contribution in [0.1, 0.15) is 56.0 Å². The molecule has 0 unspecified atom stereocenters. The summed E-state index contributed by atoms with van der Waals surface area (Å²) in [6.45, 7) is 4.06. The Kier molecular flexibility index (Phi) is 11.6. The van der Waals surface area contributed by atoms with Crippen LogP contribution in [0.2, 0.25) is 0 Å². The predicted molar refractivity (Wildman–Crippen MR) is 86.6 cm³/mol. The van der Waals surface area contributed by atoms with Crippen LogP contribution < -0.4 is 10.2 Å². The third-order valence-corrected chi connectivity index (χ3v) is 4.51. The average Bonchev–Trinajstić information content (AvgIpc) is 3.09. The summed E-state index contributed by atoms with van der Waals surface area (Å²) in [6, 6.07) is 0. The number of hydrogen-bond donors (Lipinski definition) is 0. The van der Waals surface area contributed by atoms with E-state index in [9.17, 15) is 19.8 Å². The Morgan fingerprint density at radius 1 is 0.913 bits per heavy atom. The number of hydrogen-bond acceptors (Lipinski definition) is 8. The Morgan fingerprint density at radius 2 is 1.26 bits per heavy atom. The first-order valence-corrected chi connectivity index (χ1v) is 8.43. The van der Waals surface area contributed by atoms with E-state index < -0.39 is 11.9 Å². The standard InChI is InChI=1S/2C7H9NO2S.Ca/c2*1-2-3-6-8-4-5(11-6)7(9)10;/h2*4H,2-3H2,1H3,(H,9,10);/q;;+2/p-2. The maximum Gasteiger partial charge on any atom is 2.00 e. The van der Waals surface area contributed by atoms with Crippen LogP contribution in [0.15, 0.2) is 12.4 Å². The fourth-order valence-corrected chi connectivity index (χ4v) is 3.18. The van der Waals surface area contributed by atoms with E-state index in [1.165, 1.54) is 35.1 Å². The van der Waals surface area contributed by atoms with Crippen LogP contribution in [0.4, 0.5) is 0 Å². The molecule has 0 radical (unpaired) electrons. The summed E-state index contributed by atoms with van der Waals surface area (Å²) in [4.78, 5) is 28.8. The third-order valence-electron chi connectivity index (χ3n) is 2.44. The number of carbonyl (C=O) groups is 2. The van der Waals surface area contributed by atoms with Crippen molar-refractivity contribution in [2.45, 2.75) is 39.5 Å². The van der Waals surface area contributed by atoms with E-state index >= 15 is 0 Å². The summed E-state index contributed by atoms with van der Waals surface area (Å²) in [7, 11) is 0. The molecule has 0 amide bonds. The van der Waals surface area contributed by atoms with E-state index in [4.69, 9.17) is 0 Å². The fraction of sp³-hybridized carbons (Fsp3) is 0.429. The second kappa shape index (κ2) is 11.9. The van der Waals surface area contributed by atoms with Gasteiger partial charge < -0.3 is 19.8 Å². The molecule has 120 valence electrons. The summed E-state index contributed by atoms with van der Waals surface area (Å²) in [5, 5.41) is 22.3. The van der Waals surface area contributed by atoms with Crippen LogP contribution >= 0.6 is 22.7 Å². The first-order valence-electron chi connectivity index (χ1n) is 6.80. The van der Waals surface area contributed by atoms with Crippen LogP contribution in [0.3, 0.4) is 0 Å². The molecule has 2 aromatic heterocycles. The minimum absolute atomic E-state index is 0. The van der Waals surface area contributed by atoms with Crippen molar-refractivity contribution in [1.82, 2.24) is 9.97 Å². The number of carboxylic acid groups (broad SMARTS) is 2. The monoisotopic (exact) mass is 380 g/mol. The quantitative estimate of drug-likeness (QED) is 0.677. The second-order valence-corrected chi connectivity index (χ2v) is 6.54. The van der Waals surface area contributed by atoms with Crippen molar-refractivity contribution in [3.63, 3.8) is 0 Å². The molecule has 0 atom stereocenters. The van der Waals surface area contributed by atoms with Gasteiger partial charge >= 0.3 is 37.7 Å². The van der Waals surface area contributed by atoms with Gasteiger partial charge in [-0.2, -0.15) is 0 Å². The first kappa shape index (κ1) is 22.5. The van der Waals surface area contributed by atoms with Crippen molar-refractivity contribution in [3.8, 4) is 0 Å². The molecule has 0 N–H and O–H groups in total. The molecule has 0 bridgehead atoms. The second-order valence-electron chi connectivity index (χ2n) is 4.31. The topological polar surface area (TPSA) is 106 Å². The van der Waals surface area contributed by atoms with Gasteiger partial charge in [0.1, 0.15) is 0 Å². The molecule has 0 aliphatic rings. The van der Waals surface area contributed by atoms with Gasteiger partial charge in [-0.3, -0.25) is 0 Å². The molecular formula is C14H16CaN2O4S2. The van der Waals surface area contributed by atoms with E-state index in [2.05, 4.69) is 9.97 Å². The van der Waals surface area contributed by atoms with Gasteiger partial charge in [0.15, 0.2) is 0 Å². The molecule has 0 spiro atoms. The van der Waals surface area contributed by atoms with E-state index in [1.807, 2.05) is 13.8 Å². The Morgan fingerprint density at radius 3 is 1.48 bits per heavy atom. The van der Waals surface area contributed by atoms with Gasteiger partial charge in [-0.15, -0.1) is 22.7 Å². The van der Waals surface area contributed by atoms with Crippen molar-refractivity contribution >= 4 is 72.4 Å². The Hall–Kier alpha value is -0.540. The van der Waals surface area contributed by atoms with Gasteiger partial charge in [0.2, 0.25) is 0 Å². The maximum absolute atomic E-state index is 10.3. The molecule has 2 rings (SSSR count). The van der Waals surface area contributed by atoms with Crippen LogP contribution in [-0.2, 0) is 12.8 Å². The van der Waals surface area contributed by atoms with Gasteiger partial charge in [0.05, 0.1) is 31.7 Å². The molecular weight excluding hydrogens is 364 g/mol. The van der Waals surface area contributed by atoms with Crippen molar-refractivity contribution in [2.24, 2.45) is 0 Å². The van der Waals surface area contributed by atoms with E-state index in [-0.39, 0.29) is 47.5 Å². The van der Waals surface area contributed by atoms with Crippen LogP contribution in [-0.4, -0.2) is 59.6 Å². The van der Waals surface area contributed by atoms with E-state index in [0.717, 1.165) is 35.7 Å². The summed E-state index contributed by atoms with van der Waals surface area (Å²) < 4.78 is 0. The minimum atomic E-state index is -1.13. The number of aromatic nitrogens is 2. The van der Waals surface area contributed by atoms with E-state index in [1.54, 1.807) is 0 Å². The maximum atomic E-state index is 10.3. The number of carboxylic acids is 2. The minimum Gasteiger partial charge on any atom is -0.544 e. The largest absolute Gasteiger partial charge is 2.00 e. The van der Waals surface area contributed by atoms with Crippen LogP contribution in [0.25, 0.3) is 0 Å². The van der Waals surface area contributed by atoms with Crippen molar-refractivity contribution < 1.29 is 19.8 Å². The molecule has 0 saturated heterocycles. The first-order chi connectivity index (χ1) is 10.5. The van der Waals surface area contributed by atoms with Crippen molar-refractivity contribution in [3.05, 3.63) is 32.2 Å². The van der Waals surface area contributed by atoms with E-state index in [0.29, 0.717) is 0 Å². The molecule has 9 heteroatoms. The normalized spacial score (nSPS) is 9.48. The van der Waals surface area contributed by atoms with Gasteiger partial charge in [0.25, 0.3) is 0 Å². The number of aromatic carboxylic acids is 2. The molecule has 2 heterocycles. The number of carbonyl (C=O) groups excluding carboxylic acids is 2. The molecule has 0 aliphatic heterocycles. The summed E-state index contributed by atoms with van der Waals surface area (Å²) in [5.41, 5.74) is 0. The van der Waals surface area contributed by atoms with Gasteiger partial charge in [-0.25, -0.2) is 9.97 Å². The zero-order chi connectivity index (χ0) is 16.5. The number of nitrogens with zero attached hydrogens (tertiary/aromatic N) is 2. The number of thiazole rings is 2. The van der Waals surface area contributed by atoms with Crippen LogP contribution in [0.5, 0.6) is 0 Å². The zero-order valence-corrected chi connectivity index (χ0v) is 16.9. The predicted octanol–water partition coefficient (Wildman–Crippen LogP) is 0.537. The molecule has 0 aromatic carbocycles. The molecule has 2 aromatic rings. The Labute approximate surface area is 172 Å². The smallest absolute Gasteiger partial charge is 0.544 e. The van der Waals surface area contributed by atoms with Gasteiger partial charge in [-0.1, -0.05) is 13.8 Å². The molecule has 0 saturated carbocycles. The number of aryl methyl sites for hydroxylation is 2. The van der Waals surface area contributed by atoms with Gasteiger partial charge in [-0.05, 0) is 25.7 Å². The molecule has 0 aliphatic carbocycles. The van der Waals surface area contributed by atoms with Crippen molar-refractivity contribution in [2.75, 3.05) is 0 Å². The summed E-state index contributed by atoms with van der Waals surface area (Å²) in [5.74, 6) is -2.27. The SMILES string of the molecule is CCCc1ncc(C(=O)[O-])s1.CCCc1ncc(C(=O)[O-])s1.[Ca+2]. The van der Waals surface area contributed by atoms with Crippen LogP contribution in [0, 0.1) is 0 Å². The number of rotatable bonds is 6. The fourth-order valence-electron chi connectivity index (χ4n) is 1.47.